The van der Waals surface area contributed by atoms with Crippen molar-refractivity contribution in [1.82, 2.24) is 19.9 Å². The SMILES string of the molecule is COC[C@H](NCc1ccc2c(c1)nc(-c1c[nH]c(=O)c(C)c1)n2CC1CCOCC1)C(=O)OCC(C)(C)C. The van der Waals surface area contributed by atoms with Crippen molar-refractivity contribution in [1.29, 1.82) is 0 Å². The molecule has 1 atom stereocenters. The number of aromatic nitrogens is 3. The number of methoxy groups -OCH3 is 1. The Labute approximate surface area is 223 Å². The quantitative estimate of drug-likeness (QED) is 0.388. The molecule has 38 heavy (non-hydrogen) atoms. The summed E-state index contributed by atoms with van der Waals surface area (Å²) in [5, 5.41) is 3.28. The topological polar surface area (TPSA) is 107 Å². The molecule has 2 N–H and O–H groups in total. The highest BCUT2D eigenvalue weighted by Crippen LogP contribution is 2.28. The Bertz CT molecular complexity index is 1300. The van der Waals surface area contributed by atoms with E-state index in [2.05, 4.69) is 33.1 Å². The predicted molar refractivity (Wildman–Crippen MR) is 147 cm³/mol. The summed E-state index contributed by atoms with van der Waals surface area (Å²) in [5.41, 5.74) is 4.24. The largest absolute Gasteiger partial charge is 0.464 e. The molecule has 0 bridgehead atoms. The number of carbonyl (C=O) groups is 1. The zero-order valence-electron chi connectivity index (χ0n) is 23.1. The number of benzene rings is 1. The molecule has 3 aromatic rings. The summed E-state index contributed by atoms with van der Waals surface area (Å²) in [6.45, 7) is 11.3. The lowest BCUT2D eigenvalue weighted by Crippen LogP contribution is -2.42. The van der Waals surface area contributed by atoms with E-state index in [-0.39, 0.29) is 23.6 Å². The molecular formula is C29H40N4O5. The fraction of sp³-hybridized carbons (Fsp3) is 0.552. The number of aromatic amines is 1. The minimum atomic E-state index is -0.566. The lowest BCUT2D eigenvalue weighted by molar-refractivity contribution is -0.150. The average Bonchev–Trinajstić information content (AvgIpc) is 3.24. The summed E-state index contributed by atoms with van der Waals surface area (Å²) in [7, 11) is 1.57. The van der Waals surface area contributed by atoms with Gasteiger partial charge in [-0.3, -0.25) is 14.9 Å². The molecule has 206 valence electrons. The number of fused-ring (bicyclic) bond motifs is 1. The molecule has 1 aromatic carbocycles. The van der Waals surface area contributed by atoms with Crippen molar-refractivity contribution in [3.63, 3.8) is 0 Å². The van der Waals surface area contributed by atoms with E-state index in [4.69, 9.17) is 19.2 Å². The highest BCUT2D eigenvalue weighted by atomic mass is 16.5. The fourth-order valence-corrected chi connectivity index (χ4v) is 4.61. The van der Waals surface area contributed by atoms with Gasteiger partial charge in [0.25, 0.3) is 5.56 Å². The number of H-pyrrole nitrogens is 1. The molecule has 0 saturated carbocycles. The van der Waals surface area contributed by atoms with E-state index in [0.717, 1.165) is 60.6 Å². The maximum Gasteiger partial charge on any atom is 0.325 e. The van der Waals surface area contributed by atoms with Crippen molar-refractivity contribution in [3.8, 4) is 11.4 Å². The van der Waals surface area contributed by atoms with Gasteiger partial charge in [-0.25, -0.2) is 4.98 Å². The molecular weight excluding hydrogens is 484 g/mol. The molecule has 0 amide bonds. The monoisotopic (exact) mass is 524 g/mol. The predicted octanol–water partition coefficient (Wildman–Crippen LogP) is 3.82. The first-order valence-corrected chi connectivity index (χ1v) is 13.3. The van der Waals surface area contributed by atoms with E-state index in [9.17, 15) is 9.59 Å². The second-order valence-electron chi connectivity index (χ2n) is 11.4. The molecule has 0 aliphatic carbocycles. The highest BCUT2D eigenvalue weighted by Gasteiger charge is 2.23. The normalized spacial score (nSPS) is 15.6. The second-order valence-corrected chi connectivity index (χ2v) is 11.4. The van der Waals surface area contributed by atoms with Crippen molar-refractivity contribution >= 4 is 17.0 Å². The Morgan fingerprint density at radius 3 is 2.71 bits per heavy atom. The van der Waals surface area contributed by atoms with Gasteiger partial charge in [0, 0.05) is 50.7 Å². The molecule has 0 radical (unpaired) electrons. The van der Waals surface area contributed by atoms with Gasteiger partial charge in [0.1, 0.15) is 11.9 Å². The minimum absolute atomic E-state index is 0.0964. The first-order chi connectivity index (χ1) is 18.1. The van der Waals surface area contributed by atoms with E-state index in [1.165, 1.54) is 0 Å². The average molecular weight is 525 g/mol. The zero-order chi connectivity index (χ0) is 27.3. The fourth-order valence-electron chi connectivity index (χ4n) is 4.61. The summed E-state index contributed by atoms with van der Waals surface area (Å²) in [5.74, 6) is 1.01. The van der Waals surface area contributed by atoms with E-state index >= 15 is 0 Å². The lowest BCUT2D eigenvalue weighted by Gasteiger charge is -2.23. The van der Waals surface area contributed by atoms with Crippen LogP contribution in [0.4, 0.5) is 0 Å². The molecule has 9 heteroatoms. The molecule has 1 saturated heterocycles. The minimum Gasteiger partial charge on any atom is -0.464 e. The van der Waals surface area contributed by atoms with Gasteiger partial charge in [-0.2, -0.15) is 0 Å². The van der Waals surface area contributed by atoms with E-state index in [1.54, 1.807) is 20.2 Å². The summed E-state index contributed by atoms with van der Waals surface area (Å²) in [6, 6.07) is 7.52. The van der Waals surface area contributed by atoms with Crippen LogP contribution in [0.25, 0.3) is 22.4 Å². The van der Waals surface area contributed by atoms with Crippen LogP contribution in [0.3, 0.4) is 0 Å². The Balaban J connectivity index is 1.59. The highest BCUT2D eigenvalue weighted by molar-refractivity contribution is 5.81. The third-order valence-electron chi connectivity index (χ3n) is 6.76. The van der Waals surface area contributed by atoms with Crippen LogP contribution in [-0.4, -0.2) is 60.1 Å². The van der Waals surface area contributed by atoms with E-state index in [1.807, 2.05) is 26.8 Å². The lowest BCUT2D eigenvalue weighted by atomic mass is 9.99. The molecule has 4 rings (SSSR count). The summed E-state index contributed by atoms with van der Waals surface area (Å²) in [6.07, 6.45) is 3.76. The Morgan fingerprint density at radius 2 is 2.03 bits per heavy atom. The van der Waals surface area contributed by atoms with Crippen LogP contribution in [0.1, 0.15) is 44.7 Å². The molecule has 9 nitrogen and oxygen atoms in total. The molecule has 0 spiro atoms. The number of aryl methyl sites for hydroxylation is 1. The third kappa shape index (κ3) is 7.09. The summed E-state index contributed by atoms with van der Waals surface area (Å²) < 4.78 is 18.6. The first kappa shape index (κ1) is 28.0. The van der Waals surface area contributed by atoms with E-state index in [0.29, 0.717) is 24.6 Å². The van der Waals surface area contributed by atoms with Gasteiger partial charge < -0.3 is 23.8 Å². The van der Waals surface area contributed by atoms with Gasteiger partial charge in [-0.05, 0) is 54.9 Å². The molecule has 1 fully saturated rings. The van der Waals surface area contributed by atoms with Crippen LogP contribution in [0.5, 0.6) is 0 Å². The van der Waals surface area contributed by atoms with Crippen LogP contribution in [0.2, 0.25) is 0 Å². The van der Waals surface area contributed by atoms with Gasteiger partial charge in [-0.15, -0.1) is 0 Å². The maximum absolute atomic E-state index is 12.6. The number of rotatable bonds is 10. The van der Waals surface area contributed by atoms with Crippen molar-refractivity contribution < 1.29 is 19.0 Å². The zero-order valence-corrected chi connectivity index (χ0v) is 23.1. The van der Waals surface area contributed by atoms with Crippen molar-refractivity contribution in [2.75, 3.05) is 33.5 Å². The van der Waals surface area contributed by atoms with Crippen LogP contribution in [0.15, 0.2) is 35.3 Å². The molecule has 1 aliphatic heterocycles. The number of hydrogen-bond acceptors (Lipinski definition) is 7. The van der Waals surface area contributed by atoms with Gasteiger partial charge in [0.2, 0.25) is 0 Å². The van der Waals surface area contributed by atoms with Crippen LogP contribution >= 0.6 is 0 Å². The third-order valence-corrected chi connectivity index (χ3v) is 6.76. The number of nitrogens with one attached hydrogen (secondary N) is 2. The summed E-state index contributed by atoms with van der Waals surface area (Å²) >= 11 is 0. The van der Waals surface area contributed by atoms with Gasteiger partial charge in [0.15, 0.2) is 0 Å². The van der Waals surface area contributed by atoms with Crippen LogP contribution in [-0.2, 0) is 32.1 Å². The van der Waals surface area contributed by atoms with E-state index < -0.39 is 6.04 Å². The smallest absolute Gasteiger partial charge is 0.325 e. The number of nitrogens with zero attached hydrogens (tertiary/aromatic N) is 2. The number of pyridine rings is 1. The molecule has 1 aliphatic rings. The number of ether oxygens (including phenoxy) is 3. The second kappa shape index (κ2) is 12.2. The maximum atomic E-state index is 12.6. The summed E-state index contributed by atoms with van der Waals surface area (Å²) in [4.78, 5) is 32.5. The Hall–Kier alpha value is -3.01. The first-order valence-electron chi connectivity index (χ1n) is 13.3. The standard InChI is InChI=1S/C29H40N4O5/c1-19-12-22(15-31-27(19)34)26-32-23-13-21(6-7-25(23)33(26)16-20-8-10-37-11-9-20)14-30-24(17-36-5)28(35)38-18-29(2,3)4/h6-7,12-13,15,20,24,30H,8-11,14,16-18H2,1-5H3,(H,31,34)/t24-/m0/s1. The van der Waals surface area contributed by atoms with Gasteiger partial charge >= 0.3 is 5.97 Å². The van der Waals surface area contributed by atoms with Gasteiger partial charge in [-0.1, -0.05) is 26.8 Å². The van der Waals surface area contributed by atoms with Crippen LogP contribution < -0.4 is 10.9 Å². The number of carbonyl (C=O) groups excluding carboxylic acids is 1. The van der Waals surface area contributed by atoms with Crippen molar-refractivity contribution in [2.45, 2.75) is 59.7 Å². The number of hydrogen-bond donors (Lipinski definition) is 2. The number of esters is 1. The molecule has 0 unspecified atom stereocenters. The Morgan fingerprint density at radius 1 is 1.26 bits per heavy atom. The molecule has 3 heterocycles. The Kier molecular flexibility index (Phi) is 9.02. The van der Waals surface area contributed by atoms with Gasteiger partial charge in [0.05, 0.1) is 24.2 Å². The van der Waals surface area contributed by atoms with Crippen molar-refractivity contribution in [3.05, 3.63) is 51.9 Å². The number of imidazole rings is 1. The van der Waals surface area contributed by atoms with Crippen LogP contribution in [0, 0.1) is 18.3 Å². The van der Waals surface area contributed by atoms with Crippen molar-refractivity contribution in [2.24, 2.45) is 11.3 Å². The molecule has 2 aromatic heterocycles.